The van der Waals surface area contributed by atoms with E-state index in [2.05, 4.69) is 68.3 Å². The molecule has 0 saturated carbocycles. The van der Waals surface area contributed by atoms with Crippen molar-refractivity contribution in [2.45, 2.75) is 63.3 Å². The van der Waals surface area contributed by atoms with Gasteiger partial charge in [-0.15, -0.1) is 5.54 Å². The summed E-state index contributed by atoms with van der Waals surface area (Å²) in [6.45, 7) is 13.4. The Morgan fingerprint density at radius 3 is 2.09 bits per heavy atom. The van der Waals surface area contributed by atoms with Crippen LogP contribution in [-0.4, -0.2) is 37.3 Å². The lowest BCUT2D eigenvalue weighted by atomic mass is 10.1. The molecule has 2 aromatic heterocycles. The van der Waals surface area contributed by atoms with Crippen LogP contribution in [0.3, 0.4) is 0 Å². The number of hydrogen-bond donors (Lipinski definition) is 1. The van der Waals surface area contributed by atoms with Gasteiger partial charge in [-0.1, -0.05) is 65.7 Å². The molecule has 1 aromatic carbocycles. The summed E-state index contributed by atoms with van der Waals surface area (Å²) in [4.78, 5) is 21.9. The van der Waals surface area contributed by atoms with Crippen molar-refractivity contribution in [3.63, 3.8) is 0 Å². The number of nitrogens with one attached hydrogen (secondary N) is 1. The second-order valence-corrected chi connectivity index (χ2v) is 17.4. The molecule has 35 heavy (non-hydrogen) atoms. The zero-order chi connectivity index (χ0) is 26.1. The van der Waals surface area contributed by atoms with E-state index in [-0.39, 0.29) is 16.4 Å². The van der Waals surface area contributed by atoms with Crippen LogP contribution in [0.2, 0.25) is 16.6 Å². The van der Waals surface area contributed by atoms with Crippen LogP contribution in [0.15, 0.2) is 46.5 Å². The van der Waals surface area contributed by atoms with Crippen molar-refractivity contribution >= 4 is 40.3 Å². The fourth-order valence-corrected chi connectivity index (χ4v) is 10.7. The number of sulfone groups is 1. The summed E-state index contributed by atoms with van der Waals surface area (Å²) in [6, 6.07) is 9.42. The van der Waals surface area contributed by atoms with Gasteiger partial charge in [-0.25, -0.2) is 13.4 Å². The first kappa shape index (κ1) is 26.6. The molecule has 0 radical (unpaired) electrons. The van der Waals surface area contributed by atoms with Crippen molar-refractivity contribution < 1.29 is 8.42 Å². The van der Waals surface area contributed by atoms with Crippen molar-refractivity contribution in [1.29, 1.82) is 0 Å². The number of para-hydroxylation sites is 1. The topological polar surface area (TPSA) is 94.0 Å². The highest BCUT2D eigenvalue weighted by Crippen LogP contribution is 2.41. The lowest BCUT2D eigenvalue weighted by molar-refractivity contribution is 0.593. The van der Waals surface area contributed by atoms with Gasteiger partial charge in [-0.05, 0) is 28.8 Å². The van der Waals surface area contributed by atoms with Crippen LogP contribution in [0.1, 0.15) is 47.1 Å². The number of hydrogen-bond acceptors (Lipinski definition) is 6. The summed E-state index contributed by atoms with van der Waals surface area (Å²) in [5, 5.41) is 3.46. The van der Waals surface area contributed by atoms with Crippen LogP contribution < -0.4 is 10.9 Å². The molecular weight excluding hydrogens is 476 g/mol. The molecule has 3 rings (SSSR count). The predicted octanol–water partition coefficient (Wildman–Crippen LogP) is 5.05. The average Bonchev–Trinajstić information content (AvgIpc) is 2.78. The molecule has 186 valence electrons. The second kappa shape index (κ2) is 9.95. The molecule has 7 nitrogen and oxygen atoms in total. The fraction of sp³-hybridized carbons (Fsp3) is 0.423. The maximum atomic E-state index is 13.5. The third-order valence-electron chi connectivity index (χ3n) is 6.75. The molecule has 0 saturated heterocycles. The van der Waals surface area contributed by atoms with E-state index in [0.717, 1.165) is 11.9 Å². The minimum Gasteiger partial charge on any atom is -0.350 e. The normalized spacial score (nSPS) is 12.3. The van der Waals surface area contributed by atoms with Gasteiger partial charge in [-0.3, -0.25) is 9.36 Å². The minimum absolute atomic E-state index is 0.235. The van der Waals surface area contributed by atoms with E-state index < -0.39 is 17.9 Å². The van der Waals surface area contributed by atoms with E-state index in [4.69, 9.17) is 0 Å². The highest BCUT2D eigenvalue weighted by Gasteiger charge is 2.41. The van der Waals surface area contributed by atoms with Crippen LogP contribution in [-0.2, 0) is 16.9 Å². The molecule has 0 amide bonds. The van der Waals surface area contributed by atoms with Crippen LogP contribution in [0.4, 0.5) is 11.4 Å². The van der Waals surface area contributed by atoms with Gasteiger partial charge in [0, 0.05) is 25.2 Å². The Morgan fingerprint density at radius 2 is 1.57 bits per heavy atom. The van der Waals surface area contributed by atoms with Gasteiger partial charge in [0.2, 0.25) is 15.0 Å². The molecular formula is C26H34N4O3SSi. The Bertz CT molecular complexity index is 1450. The Morgan fingerprint density at radius 1 is 1.00 bits per heavy atom. The third kappa shape index (κ3) is 5.04. The van der Waals surface area contributed by atoms with Crippen molar-refractivity contribution in [3.8, 4) is 11.5 Å². The first-order valence-electron chi connectivity index (χ1n) is 11.8. The lowest BCUT2D eigenvalue weighted by Crippen LogP contribution is -2.43. The van der Waals surface area contributed by atoms with Crippen LogP contribution in [0, 0.1) is 11.5 Å². The van der Waals surface area contributed by atoms with E-state index >= 15 is 0 Å². The van der Waals surface area contributed by atoms with Crippen molar-refractivity contribution in [1.82, 2.24) is 14.5 Å². The van der Waals surface area contributed by atoms with E-state index in [1.165, 1.54) is 10.8 Å². The number of rotatable bonds is 6. The molecule has 9 heteroatoms. The van der Waals surface area contributed by atoms with E-state index in [1.807, 2.05) is 30.3 Å². The number of anilines is 2. The molecule has 0 aliphatic heterocycles. The predicted molar refractivity (Wildman–Crippen MR) is 146 cm³/mol. The standard InChI is InChI=1S/C26H34N4O3SSi/c1-17(2)35(18(3)4,19(5)6)15-14-21-22-16-27-26(34(8,32)33)29-24(22)30(7)25(31)23(21)28-20-12-10-9-11-13-20/h9-13,16-19,28H,1-8H3. The van der Waals surface area contributed by atoms with Gasteiger partial charge in [0.1, 0.15) is 19.4 Å². The molecule has 1 N–H and O–H groups in total. The Balaban J connectivity index is 2.43. The maximum Gasteiger partial charge on any atom is 0.276 e. The molecule has 0 aliphatic carbocycles. The zero-order valence-electron chi connectivity index (χ0n) is 21.7. The summed E-state index contributed by atoms with van der Waals surface area (Å²) in [5.74, 6) is 3.39. The number of nitrogens with zero attached hydrogens (tertiary/aromatic N) is 3. The maximum absolute atomic E-state index is 13.5. The SMILES string of the molecule is CC(C)[Si](C#Cc1c(Nc2ccccc2)c(=O)n(C)c2nc(S(C)(=O)=O)ncc12)(C(C)C)C(C)C. The van der Waals surface area contributed by atoms with Gasteiger partial charge in [0.05, 0.1) is 10.9 Å². The highest BCUT2D eigenvalue weighted by molar-refractivity contribution is 7.90. The summed E-state index contributed by atoms with van der Waals surface area (Å²) < 4.78 is 25.5. The molecule has 0 atom stereocenters. The summed E-state index contributed by atoms with van der Waals surface area (Å²) >= 11 is 0. The third-order valence-corrected chi connectivity index (χ3v) is 13.9. The number of pyridine rings is 1. The van der Waals surface area contributed by atoms with E-state index in [1.54, 1.807) is 7.05 Å². The second-order valence-electron chi connectivity index (χ2n) is 9.91. The van der Waals surface area contributed by atoms with Crippen LogP contribution in [0.25, 0.3) is 11.0 Å². The Labute approximate surface area is 209 Å². The number of aryl methyl sites for hydroxylation is 1. The summed E-state index contributed by atoms with van der Waals surface area (Å²) in [6.07, 6.45) is 2.51. The van der Waals surface area contributed by atoms with Crippen molar-refractivity contribution in [2.75, 3.05) is 11.6 Å². The smallest absolute Gasteiger partial charge is 0.276 e. The van der Waals surface area contributed by atoms with Crippen LogP contribution >= 0.6 is 0 Å². The molecule has 0 bridgehead atoms. The van der Waals surface area contributed by atoms with Gasteiger partial charge < -0.3 is 5.32 Å². The quantitative estimate of drug-likeness (QED) is 0.283. The number of fused-ring (bicyclic) bond motifs is 1. The van der Waals surface area contributed by atoms with Gasteiger partial charge >= 0.3 is 0 Å². The molecule has 0 unspecified atom stereocenters. The first-order chi connectivity index (χ1) is 16.3. The number of aromatic nitrogens is 3. The Hall–Kier alpha value is -2.96. The fourth-order valence-electron chi connectivity index (χ4n) is 4.99. The zero-order valence-corrected chi connectivity index (χ0v) is 23.5. The van der Waals surface area contributed by atoms with Crippen molar-refractivity contribution in [3.05, 3.63) is 52.4 Å². The molecule has 0 spiro atoms. The molecule has 0 aliphatic rings. The largest absolute Gasteiger partial charge is 0.350 e. The van der Waals surface area contributed by atoms with Gasteiger partial charge in [0.25, 0.3) is 5.56 Å². The van der Waals surface area contributed by atoms with E-state index in [9.17, 15) is 13.2 Å². The lowest BCUT2D eigenvalue weighted by Gasteiger charge is -2.38. The minimum atomic E-state index is -3.65. The van der Waals surface area contributed by atoms with Crippen LogP contribution in [0.5, 0.6) is 0 Å². The summed E-state index contributed by atoms with van der Waals surface area (Å²) in [5.41, 5.74) is 6.38. The number of benzene rings is 1. The molecule has 2 heterocycles. The van der Waals surface area contributed by atoms with Gasteiger partial charge in [0.15, 0.2) is 0 Å². The first-order valence-corrected chi connectivity index (χ1v) is 15.9. The molecule has 0 fully saturated rings. The van der Waals surface area contributed by atoms with E-state index in [0.29, 0.717) is 33.3 Å². The highest BCUT2D eigenvalue weighted by atomic mass is 32.2. The Kier molecular flexibility index (Phi) is 7.58. The van der Waals surface area contributed by atoms with Crippen molar-refractivity contribution in [2.24, 2.45) is 7.05 Å². The summed E-state index contributed by atoms with van der Waals surface area (Å²) in [7, 11) is -4.19. The monoisotopic (exact) mass is 510 g/mol. The van der Waals surface area contributed by atoms with Gasteiger partial charge in [-0.2, -0.15) is 4.98 Å². The average molecular weight is 511 g/mol. The molecule has 3 aromatic rings.